The van der Waals surface area contributed by atoms with Gasteiger partial charge in [0.1, 0.15) is 16.4 Å². The van der Waals surface area contributed by atoms with E-state index in [4.69, 9.17) is 4.42 Å². The van der Waals surface area contributed by atoms with Gasteiger partial charge in [0.2, 0.25) is 0 Å². The Labute approximate surface area is 134 Å². The topological polar surface area (TPSA) is 102 Å². The summed E-state index contributed by atoms with van der Waals surface area (Å²) in [5, 5.41) is 14.1. The third-order valence-electron chi connectivity index (χ3n) is 3.49. The molecule has 0 saturated carbocycles. The molecule has 0 fully saturated rings. The minimum atomic E-state index is -3.71. The molecule has 1 N–H and O–H groups in total. The van der Waals surface area contributed by atoms with E-state index in [0.717, 1.165) is 23.3 Å². The van der Waals surface area contributed by atoms with Crippen LogP contribution < -0.4 is 5.32 Å². The van der Waals surface area contributed by atoms with Crippen LogP contribution in [-0.4, -0.2) is 19.6 Å². The summed E-state index contributed by atoms with van der Waals surface area (Å²) >= 11 is 0. The fourth-order valence-corrected chi connectivity index (χ4v) is 3.32. The van der Waals surface area contributed by atoms with Gasteiger partial charge >= 0.3 is 0 Å². The molecule has 7 nitrogen and oxygen atoms in total. The first-order chi connectivity index (χ1) is 10.6. The second kappa shape index (κ2) is 6.04. The average Bonchev–Trinajstić information content (AvgIpc) is 2.76. The molecule has 8 heteroatoms. The molecule has 0 aliphatic heterocycles. The number of aryl methyl sites for hydroxylation is 2. The van der Waals surface area contributed by atoms with Crippen LogP contribution in [0.4, 0.5) is 11.4 Å². The van der Waals surface area contributed by atoms with Crippen molar-refractivity contribution in [3.63, 3.8) is 0 Å². The minimum Gasteiger partial charge on any atom is -0.466 e. The van der Waals surface area contributed by atoms with Crippen LogP contribution in [0.1, 0.15) is 30.0 Å². The van der Waals surface area contributed by atoms with Crippen LogP contribution in [0, 0.1) is 24.0 Å². The van der Waals surface area contributed by atoms with Gasteiger partial charge in [-0.2, -0.15) is 0 Å². The van der Waals surface area contributed by atoms with E-state index in [0.29, 0.717) is 5.69 Å². The molecule has 1 unspecified atom stereocenters. The van der Waals surface area contributed by atoms with Crippen molar-refractivity contribution in [2.75, 3.05) is 11.6 Å². The van der Waals surface area contributed by atoms with E-state index >= 15 is 0 Å². The van der Waals surface area contributed by atoms with Gasteiger partial charge < -0.3 is 9.73 Å². The molecule has 0 spiro atoms. The van der Waals surface area contributed by atoms with Crippen LogP contribution in [-0.2, 0) is 9.84 Å². The summed E-state index contributed by atoms with van der Waals surface area (Å²) in [5.74, 6) is 1.56. The molecular formula is C15H18N2O5S. The van der Waals surface area contributed by atoms with Crippen LogP contribution in [0.15, 0.2) is 33.6 Å². The highest BCUT2D eigenvalue weighted by atomic mass is 32.2. The van der Waals surface area contributed by atoms with Gasteiger partial charge in [-0.3, -0.25) is 10.1 Å². The lowest BCUT2D eigenvalue weighted by Crippen LogP contribution is -2.09. The Balaban J connectivity index is 2.38. The smallest absolute Gasteiger partial charge is 0.288 e. The largest absolute Gasteiger partial charge is 0.466 e. The number of nitro benzene ring substituents is 1. The standard InChI is InChI=1S/C15H18N2O5S/c1-9-7-13(11(3)22-9)10(2)16-12-5-6-14(17(18)19)15(8-12)23(4,20)21/h5-8,10,16H,1-4H3. The summed E-state index contributed by atoms with van der Waals surface area (Å²) in [4.78, 5) is 9.97. The lowest BCUT2D eigenvalue weighted by molar-refractivity contribution is -0.387. The van der Waals surface area contributed by atoms with E-state index in [-0.39, 0.29) is 10.9 Å². The zero-order chi connectivity index (χ0) is 17.4. The molecule has 2 rings (SSSR count). The second-order valence-electron chi connectivity index (χ2n) is 5.45. The molecule has 0 aliphatic carbocycles. The van der Waals surface area contributed by atoms with Gasteiger partial charge in [0.15, 0.2) is 9.84 Å². The summed E-state index contributed by atoms with van der Waals surface area (Å²) in [6.45, 7) is 5.59. The van der Waals surface area contributed by atoms with E-state index in [1.807, 2.05) is 26.8 Å². The zero-order valence-corrected chi connectivity index (χ0v) is 14.1. The fourth-order valence-electron chi connectivity index (χ4n) is 2.46. The van der Waals surface area contributed by atoms with Crippen molar-refractivity contribution in [1.29, 1.82) is 0 Å². The van der Waals surface area contributed by atoms with Crippen LogP contribution in [0.3, 0.4) is 0 Å². The van der Waals surface area contributed by atoms with Crippen LogP contribution >= 0.6 is 0 Å². The number of hydrogen-bond donors (Lipinski definition) is 1. The lowest BCUT2D eigenvalue weighted by atomic mass is 10.1. The minimum absolute atomic E-state index is 0.138. The van der Waals surface area contributed by atoms with Crippen molar-refractivity contribution in [2.24, 2.45) is 0 Å². The number of sulfone groups is 1. The van der Waals surface area contributed by atoms with Gasteiger partial charge in [-0.25, -0.2) is 8.42 Å². The average molecular weight is 338 g/mol. The lowest BCUT2D eigenvalue weighted by Gasteiger charge is -2.15. The quantitative estimate of drug-likeness (QED) is 0.662. The predicted molar refractivity (Wildman–Crippen MR) is 86.4 cm³/mol. The summed E-state index contributed by atoms with van der Waals surface area (Å²) in [7, 11) is -3.71. The Hall–Kier alpha value is -2.35. The van der Waals surface area contributed by atoms with Crippen molar-refractivity contribution in [2.45, 2.75) is 31.7 Å². The second-order valence-corrected chi connectivity index (χ2v) is 7.43. The first kappa shape index (κ1) is 17.0. The molecule has 1 heterocycles. The number of nitrogens with zero attached hydrogens (tertiary/aromatic N) is 1. The summed E-state index contributed by atoms with van der Waals surface area (Å²) in [6.07, 6.45) is 0.951. The number of anilines is 1. The molecule has 0 saturated heterocycles. The van der Waals surface area contributed by atoms with E-state index in [1.165, 1.54) is 18.2 Å². The normalized spacial score (nSPS) is 12.9. The van der Waals surface area contributed by atoms with E-state index in [1.54, 1.807) is 0 Å². The molecule has 0 amide bonds. The van der Waals surface area contributed by atoms with Crippen LogP contribution in [0.5, 0.6) is 0 Å². The maximum Gasteiger partial charge on any atom is 0.288 e. The monoisotopic (exact) mass is 338 g/mol. The highest BCUT2D eigenvalue weighted by molar-refractivity contribution is 7.90. The Kier molecular flexibility index (Phi) is 4.46. The summed E-state index contributed by atoms with van der Waals surface area (Å²) in [5.41, 5.74) is 1.00. The van der Waals surface area contributed by atoms with Crippen LogP contribution in [0.2, 0.25) is 0 Å². The van der Waals surface area contributed by atoms with Gasteiger partial charge in [-0.1, -0.05) is 0 Å². The first-order valence-electron chi connectivity index (χ1n) is 6.91. The van der Waals surface area contributed by atoms with Gasteiger partial charge in [-0.05, 0) is 39.0 Å². The number of rotatable bonds is 5. The Morgan fingerprint density at radius 1 is 1.26 bits per heavy atom. The summed E-state index contributed by atoms with van der Waals surface area (Å²) in [6, 6.07) is 5.73. The van der Waals surface area contributed by atoms with Gasteiger partial charge in [0, 0.05) is 23.6 Å². The van der Waals surface area contributed by atoms with Crippen molar-refractivity contribution in [3.05, 3.63) is 51.5 Å². The third kappa shape index (κ3) is 3.70. The van der Waals surface area contributed by atoms with Crippen molar-refractivity contribution < 1.29 is 17.8 Å². The molecule has 1 atom stereocenters. The molecule has 1 aromatic carbocycles. The number of nitro groups is 1. The van der Waals surface area contributed by atoms with Crippen molar-refractivity contribution in [1.82, 2.24) is 0 Å². The van der Waals surface area contributed by atoms with E-state index < -0.39 is 20.4 Å². The molecule has 124 valence electrons. The van der Waals surface area contributed by atoms with Crippen LogP contribution in [0.25, 0.3) is 0 Å². The van der Waals surface area contributed by atoms with E-state index in [2.05, 4.69) is 5.32 Å². The zero-order valence-electron chi connectivity index (χ0n) is 13.3. The molecule has 2 aromatic rings. The Morgan fingerprint density at radius 2 is 1.91 bits per heavy atom. The number of furan rings is 1. The molecule has 23 heavy (non-hydrogen) atoms. The number of benzene rings is 1. The Bertz CT molecular complexity index is 855. The maximum absolute atomic E-state index is 11.8. The highest BCUT2D eigenvalue weighted by Crippen LogP contribution is 2.30. The molecule has 1 aromatic heterocycles. The maximum atomic E-state index is 11.8. The van der Waals surface area contributed by atoms with Gasteiger partial charge in [0.25, 0.3) is 5.69 Å². The van der Waals surface area contributed by atoms with Crippen molar-refractivity contribution >= 4 is 21.2 Å². The number of hydrogen-bond acceptors (Lipinski definition) is 6. The third-order valence-corrected chi connectivity index (χ3v) is 4.61. The SMILES string of the molecule is Cc1cc(C(C)Nc2ccc([N+](=O)[O-])c(S(C)(=O)=O)c2)c(C)o1. The van der Waals surface area contributed by atoms with Gasteiger partial charge in [-0.15, -0.1) is 0 Å². The predicted octanol–water partition coefficient (Wildman–Crippen LogP) is 3.38. The highest BCUT2D eigenvalue weighted by Gasteiger charge is 2.23. The first-order valence-corrected chi connectivity index (χ1v) is 8.80. The molecule has 0 aliphatic rings. The Morgan fingerprint density at radius 3 is 2.39 bits per heavy atom. The summed E-state index contributed by atoms with van der Waals surface area (Å²) < 4.78 is 29.0. The fraction of sp³-hybridized carbons (Fsp3) is 0.333. The molecule has 0 bridgehead atoms. The van der Waals surface area contributed by atoms with Crippen molar-refractivity contribution in [3.8, 4) is 0 Å². The molecular weight excluding hydrogens is 320 g/mol. The molecule has 0 radical (unpaired) electrons. The van der Waals surface area contributed by atoms with Gasteiger partial charge in [0.05, 0.1) is 11.0 Å². The number of nitrogens with one attached hydrogen (secondary N) is 1. The van der Waals surface area contributed by atoms with E-state index in [9.17, 15) is 18.5 Å².